The molecule has 0 saturated heterocycles. The first-order chi connectivity index (χ1) is 9.11. The van der Waals surface area contributed by atoms with E-state index in [1.807, 2.05) is 11.8 Å². The zero-order chi connectivity index (χ0) is 14.1. The Bertz CT molecular complexity index is 301. The molecule has 110 valence electrons. The van der Waals surface area contributed by atoms with E-state index in [1.165, 1.54) is 0 Å². The minimum Gasteiger partial charge on any atom is -0.480 e. The third kappa shape index (κ3) is 7.27. The van der Waals surface area contributed by atoms with Crippen molar-refractivity contribution in [2.45, 2.75) is 37.5 Å². The number of nitrogens with one attached hydrogen (secondary N) is 2. The second-order valence-electron chi connectivity index (χ2n) is 4.43. The lowest BCUT2D eigenvalue weighted by Crippen LogP contribution is -2.42. The fourth-order valence-electron chi connectivity index (χ4n) is 2.09. The maximum absolute atomic E-state index is 11.6. The largest absolute Gasteiger partial charge is 0.480 e. The molecule has 1 aliphatic rings. The van der Waals surface area contributed by atoms with Crippen LogP contribution in [-0.4, -0.2) is 53.9 Å². The van der Waals surface area contributed by atoms with E-state index in [9.17, 15) is 9.59 Å². The van der Waals surface area contributed by atoms with E-state index in [4.69, 9.17) is 9.84 Å². The Morgan fingerprint density at radius 3 is 2.89 bits per heavy atom. The minimum atomic E-state index is -1.00. The molecule has 0 radical (unpaired) electrons. The van der Waals surface area contributed by atoms with Gasteiger partial charge in [-0.25, -0.2) is 9.59 Å². The Labute approximate surface area is 117 Å². The fraction of sp³-hybridized carbons (Fsp3) is 0.833. The van der Waals surface area contributed by atoms with Crippen LogP contribution in [-0.2, 0) is 9.53 Å². The summed E-state index contributed by atoms with van der Waals surface area (Å²) in [5, 5.41) is 14.6. The Hall–Kier alpha value is -0.950. The zero-order valence-corrected chi connectivity index (χ0v) is 12.0. The molecular formula is C12H22N2O4S. The number of carbonyl (C=O) groups excluding carboxylic acids is 1. The number of amides is 2. The quantitative estimate of drug-likeness (QED) is 0.582. The summed E-state index contributed by atoms with van der Waals surface area (Å²) in [7, 11) is 0. The van der Waals surface area contributed by atoms with E-state index in [-0.39, 0.29) is 25.3 Å². The van der Waals surface area contributed by atoms with Gasteiger partial charge in [0, 0.05) is 17.8 Å². The van der Waals surface area contributed by atoms with Crippen molar-refractivity contribution in [1.29, 1.82) is 0 Å². The van der Waals surface area contributed by atoms with Gasteiger partial charge in [-0.15, -0.1) is 0 Å². The molecule has 7 heteroatoms. The molecule has 2 amide bonds. The maximum Gasteiger partial charge on any atom is 0.329 e. The molecule has 1 saturated carbocycles. The molecule has 1 fully saturated rings. The number of hydrogen-bond donors (Lipinski definition) is 3. The van der Waals surface area contributed by atoms with Crippen molar-refractivity contribution < 1.29 is 19.4 Å². The van der Waals surface area contributed by atoms with Crippen molar-refractivity contribution >= 4 is 23.8 Å². The maximum atomic E-state index is 11.6. The Morgan fingerprint density at radius 2 is 2.21 bits per heavy atom. The molecule has 6 nitrogen and oxygen atoms in total. The van der Waals surface area contributed by atoms with E-state index >= 15 is 0 Å². The smallest absolute Gasteiger partial charge is 0.329 e. The van der Waals surface area contributed by atoms with Crippen molar-refractivity contribution in [3.05, 3.63) is 0 Å². The van der Waals surface area contributed by atoms with Gasteiger partial charge in [0.25, 0.3) is 0 Å². The van der Waals surface area contributed by atoms with Crippen LogP contribution >= 0.6 is 11.8 Å². The van der Waals surface area contributed by atoms with Crippen molar-refractivity contribution in [3.63, 3.8) is 0 Å². The normalized spacial score (nSPS) is 22.2. The summed E-state index contributed by atoms with van der Waals surface area (Å²) in [5.41, 5.74) is 0. The van der Waals surface area contributed by atoms with Gasteiger partial charge in [-0.2, -0.15) is 11.8 Å². The number of thioether (sulfide) groups is 1. The standard InChI is InChI=1S/C12H22N2O4S/c1-2-19-10-4-3-9(7-10)14-12(17)13-5-6-18-8-11(15)16/h9-10H,2-8H2,1H3,(H,15,16)(H2,13,14,17). The number of hydrogen-bond acceptors (Lipinski definition) is 4. The second kappa shape index (κ2) is 9.03. The van der Waals surface area contributed by atoms with Gasteiger partial charge in [-0.3, -0.25) is 0 Å². The first-order valence-corrected chi connectivity index (χ1v) is 7.62. The molecule has 0 aromatic rings. The molecule has 0 heterocycles. The molecule has 1 aliphatic carbocycles. The summed E-state index contributed by atoms with van der Waals surface area (Å²) in [6, 6.07) is 0.0510. The number of aliphatic carboxylic acids is 1. The van der Waals surface area contributed by atoms with Gasteiger partial charge in [-0.05, 0) is 25.0 Å². The van der Waals surface area contributed by atoms with Gasteiger partial charge >= 0.3 is 12.0 Å². The Kier molecular flexibility index (Phi) is 7.66. The Morgan fingerprint density at radius 1 is 1.42 bits per heavy atom. The lowest BCUT2D eigenvalue weighted by Gasteiger charge is -2.14. The van der Waals surface area contributed by atoms with Crippen molar-refractivity contribution in [2.75, 3.05) is 25.5 Å². The topological polar surface area (TPSA) is 87.7 Å². The van der Waals surface area contributed by atoms with E-state index in [1.54, 1.807) is 0 Å². The van der Waals surface area contributed by atoms with Crippen LogP contribution in [0.3, 0.4) is 0 Å². The summed E-state index contributed by atoms with van der Waals surface area (Å²) >= 11 is 1.95. The van der Waals surface area contributed by atoms with Crippen LogP contribution in [0.5, 0.6) is 0 Å². The lowest BCUT2D eigenvalue weighted by atomic mass is 10.2. The molecule has 0 aliphatic heterocycles. The number of urea groups is 1. The van der Waals surface area contributed by atoms with Crippen molar-refractivity contribution in [2.24, 2.45) is 0 Å². The molecule has 2 unspecified atom stereocenters. The second-order valence-corrected chi connectivity index (χ2v) is 6.01. The van der Waals surface area contributed by atoms with Crippen LogP contribution in [0.25, 0.3) is 0 Å². The molecule has 0 spiro atoms. The third-order valence-corrected chi connectivity index (χ3v) is 4.11. The molecule has 3 N–H and O–H groups in total. The first kappa shape index (κ1) is 16.1. The van der Waals surface area contributed by atoms with Crippen molar-refractivity contribution in [1.82, 2.24) is 10.6 Å². The molecule has 2 atom stereocenters. The predicted molar refractivity (Wildman–Crippen MR) is 74.5 cm³/mol. The highest BCUT2D eigenvalue weighted by Crippen LogP contribution is 2.29. The van der Waals surface area contributed by atoms with Crippen LogP contribution in [0.15, 0.2) is 0 Å². The van der Waals surface area contributed by atoms with Crippen LogP contribution in [0.1, 0.15) is 26.2 Å². The van der Waals surface area contributed by atoms with Crippen LogP contribution < -0.4 is 10.6 Å². The molecule has 0 aromatic heterocycles. The first-order valence-electron chi connectivity index (χ1n) is 6.57. The fourth-order valence-corrected chi connectivity index (χ4v) is 3.23. The zero-order valence-electron chi connectivity index (χ0n) is 11.2. The molecular weight excluding hydrogens is 268 g/mol. The molecule has 0 bridgehead atoms. The predicted octanol–water partition coefficient (Wildman–Crippen LogP) is 1.06. The van der Waals surface area contributed by atoms with E-state index in [0.717, 1.165) is 25.0 Å². The van der Waals surface area contributed by atoms with Gasteiger partial charge in [0.2, 0.25) is 0 Å². The van der Waals surface area contributed by atoms with Crippen LogP contribution in [0.4, 0.5) is 4.79 Å². The summed E-state index contributed by atoms with van der Waals surface area (Å²) in [6.07, 6.45) is 3.22. The number of carboxylic acid groups (broad SMARTS) is 1. The van der Waals surface area contributed by atoms with E-state index in [2.05, 4.69) is 17.6 Å². The monoisotopic (exact) mass is 290 g/mol. The summed E-state index contributed by atoms with van der Waals surface area (Å²) in [5.74, 6) is 0.111. The lowest BCUT2D eigenvalue weighted by molar-refractivity contribution is -0.142. The highest BCUT2D eigenvalue weighted by Gasteiger charge is 2.25. The van der Waals surface area contributed by atoms with Crippen molar-refractivity contribution in [3.8, 4) is 0 Å². The number of rotatable bonds is 8. The van der Waals surface area contributed by atoms with E-state index in [0.29, 0.717) is 11.8 Å². The van der Waals surface area contributed by atoms with Gasteiger partial charge in [-0.1, -0.05) is 6.92 Å². The van der Waals surface area contributed by atoms with Gasteiger partial charge in [0.15, 0.2) is 0 Å². The number of carbonyl (C=O) groups is 2. The molecule has 0 aromatic carbocycles. The average molecular weight is 290 g/mol. The summed E-state index contributed by atoms with van der Waals surface area (Å²) in [4.78, 5) is 21.7. The highest BCUT2D eigenvalue weighted by atomic mass is 32.2. The molecule has 1 rings (SSSR count). The number of carboxylic acids is 1. The van der Waals surface area contributed by atoms with Crippen LogP contribution in [0, 0.1) is 0 Å². The van der Waals surface area contributed by atoms with Gasteiger partial charge < -0.3 is 20.5 Å². The number of ether oxygens (including phenoxy) is 1. The van der Waals surface area contributed by atoms with Gasteiger partial charge in [0.1, 0.15) is 6.61 Å². The minimum absolute atomic E-state index is 0.203. The van der Waals surface area contributed by atoms with Crippen LogP contribution in [0.2, 0.25) is 0 Å². The third-order valence-electron chi connectivity index (χ3n) is 2.88. The highest BCUT2D eigenvalue weighted by molar-refractivity contribution is 7.99. The average Bonchev–Trinajstić information content (AvgIpc) is 2.76. The summed E-state index contributed by atoms with van der Waals surface area (Å²) in [6.45, 7) is 2.34. The summed E-state index contributed by atoms with van der Waals surface area (Å²) < 4.78 is 4.82. The SMILES string of the molecule is CCSC1CCC(NC(=O)NCCOCC(=O)O)C1. The van der Waals surface area contributed by atoms with Gasteiger partial charge in [0.05, 0.1) is 6.61 Å². The Balaban J connectivity index is 2.03. The molecule has 19 heavy (non-hydrogen) atoms. The van der Waals surface area contributed by atoms with E-state index < -0.39 is 5.97 Å².